The molecule has 90 valence electrons. The van der Waals surface area contributed by atoms with Crippen molar-refractivity contribution in [2.45, 2.75) is 32.2 Å². The molecule has 0 radical (unpaired) electrons. The Bertz CT molecular complexity index is 372. The maximum atomic E-state index is 9.56. The zero-order valence-electron chi connectivity index (χ0n) is 9.88. The van der Waals surface area contributed by atoms with Crippen LogP contribution in [0.5, 0.6) is 11.5 Å². The number of benzene rings is 1. The summed E-state index contributed by atoms with van der Waals surface area (Å²) in [6.07, 6.45) is 1.72. The maximum absolute atomic E-state index is 9.56. The SMILES string of the molecule is COc1cc(CCC(C)(C)N)c(Br)cc1O. The zero-order valence-corrected chi connectivity index (χ0v) is 11.5. The van der Waals surface area contributed by atoms with Crippen LogP contribution < -0.4 is 10.5 Å². The number of hydrogen-bond acceptors (Lipinski definition) is 3. The number of phenols is 1. The van der Waals surface area contributed by atoms with E-state index in [1.807, 2.05) is 19.9 Å². The van der Waals surface area contributed by atoms with Crippen molar-refractivity contribution in [2.75, 3.05) is 7.11 Å². The standard InChI is InChI=1S/C12H18BrNO2/c1-12(2,14)5-4-8-6-11(16-3)10(15)7-9(8)13/h6-7,15H,4-5,14H2,1-3H3. The second kappa shape index (κ2) is 5.06. The third kappa shape index (κ3) is 3.68. The largest absolute Gasteiger partial charge is 0.504 e. The molecule has 0 spiro atoms. The number of rotatable bonds is 4. The van der Waals surface area contributed by atoms with E-state index < -0.39 is 0 Å². The van der Waals surface area contributed by atoms with Gasteiger partial charge in [0, 0.05) is 10.0 Å². The lowest BCUT2D eigenvalue weighted by Gasteiger charge is -2.19. The lowest BCUT2D eigenvalue weighted by molar-refractivity contribution is 0.372. The number of methoxy groups -OCH3 is 1. The van der Waals surface area contributed by atoms with Crippen molar-refractivity contribution in [1.29, 1.82) is 0 Å². The summed E-state index contributed by atoms with van der Waals surface area (Å²) < 4.78 is 5.95. The van der Waals surface area contributed by atoms with Crippen molar-refractivity contribution in [3.8, 4) is 11.5 Å². The Balaban J connectivity index is 2.88. The van der Waals surface area contributed by atoms with Gasteiger partial charge in [-0.3, -0.25) is 0 Å². The summed E-state index contributed by atoms with van der Waals surface area (Å²) in [5.41, 5.74) is 6.84. The van der Waals surface area contributed by atoms with E-state index in [0.717, 1.165) is 22.9 Å². The Morgan fingerprint density at radius 3 is 2.56 bits per heavy atom. The zero-order chi connectivity index (χ0) is 12.3. The molecule has 0 aliphatic rings. The van der Waals surface area contributed by atoms with E-state index in [4.69, 9.17) is 10.5 Å². The molecule has 1 aromatic carbocycles. The average Bonchev–Trinajstić information content (AvgIpc) is 2.15. The van der Waals surface area contributed by atoms with Crippen LogP contribution in [0.4, 0.5) is 0 Å². The second-order valence-corrected chi connectivity index (χ2v) is 5.46. The first-order chi connectivity index (χ1) is 7.33. The van der Waals surface area contributed by atoms with Crippen molar-refractivity contribution in [1.82, 2.24) is 0 Å². The van der Waals surface area contributed by atoms with E-state index >= 15 is 0 Å². The molecule has 0 bridgehead atoms. The van der Waals surface area contributed by atoms with Crippen LogP contribution in [-0.4, -0.2) is 17.8 Å². The fourth-order valence-electron chi connectivity index (χ4n) is 1.40. The summed E-state index contributed by atoms with van der Waals surface area (Å²) >= 11 is 3.42. The number of aromatic hydroxyl groups is 1. The number of phenolic OH excluding ortho intramolecular Hbond substituents is 1. The highest BCUT2D eigenvalue weighted by Gasteiger charge is 2.13. The third-order valence-electron chi connectivity index (χ3n) is 2.39. The minimum atomic E-state index is -0.190. The van der Waals surface area contributed by atoms with Gasteiger partial charge >= 0.3 is 0 Å². The number of ether oxygens (including phenoxy) is 1. The highest BCUT2D eigenvalue weighted by Crippen LogP contribution is 2.33. The molecule has 3 nitrogen and oxygen atoms in total. The van der Waals surface area contributed by atoms with Gasteiger partial charge in [-0.15, -0.1) is 0 Å². The van der Waals surface area contributed by atoms with E-state index in [0.29, 0.717) is 5.75 Å². The molecule has 0 aromatic heterocycles. The summed E-state index contributed by atoms with van der Waals surface area (Å²) in [4.78, 5) is 0. The lowest BCUT2D eigenvalue weighted by Crippen LogP contribution is -2.32. The lowest BCUT2D eigenvalue weighted by atomic mass is 9.96. The van der Waals surface area contributed by atoms with Gasteiger partial charge in [0.15, 0.2) is 11.5 Å². The van der Waals surface area contributed by atoms with Crippen molar-refractivity contribution in [2.24, 2.45) is 5.73 Å². The van der Waals surface area contributed by atoms with Crippen molar-refractivity contribution in [3.63, 3.8) is 0 Å². The maximum Gasteiger partial charge on any atom is 0.160 e. The molecule has 3 N–H and O–H groups in total. The van der Waals surface area contributed by atoms with Gasteiger partial charge in [-0.1, -0.05) is 15.9 Å². The van der Waals surface area contributed by atoms with Crippen LogP contribution in [0.3, 0.4) is 0 Å². The molecule has 0 heterocycles. The molecule has 0 amide bonds. The normalized spacial score (nSPS) is 11.6. The Hall–Kier alpha value is -0.740. The summed E-state index contributed by atoms with van der Waals surface area (Å²) in [7, 11) is 1.54. The predicted octanol–water partition coefficient (Wildman–Crippen LogP) is 2.83. The molecule has 0 unspecified atom stereocenters. The molecular weight excluding hydrogens is 270 g/mol. The van der Waals surface area contributed by atoms with E-state index in [1.165, 1.54) is 0 Å². The van der Waals surface area contributed by atoms with Crippen LogP contribution in [0.1, 0.15) is 25.8 Å². The van der Waals surface area contributed by atoms with E-state index in [1.54, 1.807) is 13.2 Å². The first-order valence-corrected chi connectivity index (χ1v) is 5.97. The summed E-state index contributed by atoms with van der Waals surface area (Å²) in [5, 5.41) is 9.56. The quantitative estimate of drug-likeness (QED) is 0.895. The van der Waals surface area contributed by atoms with Gasteiger partial charge in [0.05, 0.1) is 7.11 Å². The topological polar surface area (TPSA) is 55.5 Å². The Kier molecular flexibility index (Phi) is 4.21. The molecule has 0 saturated carbocycles. The first-order valence-electron chi connectivity index (χ1n) is 5.18. The highest BCUT2D eigenvalue weighted by atomic mass is 79.9. The van der Waals surface area contributed by atoms with Crippen LogP contribution in [0.15, 0.2) is 16.6 Å². The fraction of sp³-hybridized carbons (Fsp3) is 0.500. The van der Waals surface area contributed by atoms with Crippen molar-refractivity contribution < 1.29 is 9.84 Å². The Morgan fingerprint density at radius 2 is 2.06 bits per heavy atom. The smallest absolute Gasteiger partial charge is 0.160 e. The summed E-state index contributed by atoms with van der Waals surface area (Å²) in [6.45, 7) is 4.00. The molecule has 0 saturated heterocycles. The van der Waals surface area contributed by atoms with Gasteiger partial charge in [0.25, 0.3) is 0 Å². The van der Waals surface area contributed by atoms with Crippen LogP contribution in [0.25, 0.3) is 0 Å². The monoisotopic (exact) mass is 287 g/mol. The Labute approximate surface area is 105 Å². The van der Waals surface area contributed by atoms with Gasteiger partial charge in [-0.2, -0.15) is 0 Å². The minimum absolute atomic E-state index is 0.144. The molecule has 16 heavy (non-hydrogen) atoms. The molecular formula is C12H18BrNO2. The first kappa shape index (κ1) is 13.3. The van der Waals surface area contributed by atoms with Crippen LogP contribution in [-0.2, 0) is 6.42 Å². The molecule has 1 aromatic rings. The average molecular weight is 288 g/mol. The highest BCUT2D eigenvalue weighted by molar-refractivity contribution is 9.10. The third-order valence-corrected chi connectivity index (χ3v) is 3.12. The van der Waals surface area contributed by atoms with E-state index in [-0.39, 0.29) is 11.3 Å². The van der Waals surface area contributed by atoms with Crippen molar-refractivity contribution in [3.05, 3.63) is 22.2 Å². The number of nitrogens with two attached hydrogens (primary N) is 1. The molecule has 1 rings (SSSR count). The van der Waals surface area contributed by atoms with Gasteiger partial charge in [-0.05, 0) is 44.4 Å². The fourth-order valence-corrected chi connectivity index (χ4v) is 1.93. The predicted molar refractivity (Wildman–Crippen MR) is 68.9 cm³/mol. The van der Waals surface area contributed by atoms with Gasteiger partial charge < -0.3 is 15.6 Å². The second-order valence-electron chi connectivity index (χ2n) is 4.60. The Morgan fingerprint density at radius 1 is 1.44 bits per heavy atom. The molecule has 0 aliphatic heterocycles. The summed E-state index contributed by atoms with van der Waals surface area (Å²) in [5.74, 6) is 0.637. The van der Waals surface area contributed by atoms with Crippen LogP contribution >= 0.6 is 15.9 Å². The number of hydrogen-bond donors (Lipinski definition) is 2. The van der Waals surface area contributed by atoms with Gasteiger partial charge in [-0.25, -0.2) is 0 Å². The minimum Gasteiger partial charge on any atom is -0.504 e. The molecule has 0 fully saturated rings. The van der Waals surface area contributed by atoms with Crippen LogP contribution in [0.2, 0.25) is 0 Å². The van der Waals surface area contributed by atoms with E-state index in [9.17, 15) is 5.11 Å². The van der Waals surface area contributed by atoms with Gasteiger partial charge in [0.1, 0.15) is 0 Å². The number of halogens is 1. The van der Waals surface area contributed by atoms with Crippen molar-refractivity contribution >= 4 is 15.9 Å². The molecule has 4 heteroatoms. The van der Waals surface area contributed by atoms with E-state index in [2.05, 4.69) is 15.9 Å². The van der Waals surface area contributed by atoms with Gasteiger partial charge in [0.2, 0.25) is 0 Å². The van der Waals surface area contributed by atoms with Crippen LogP contribution in [0, 0.1) is 0 Å². The number of aryl methyl sites for hydroxylation is 1. The molecule has 0 atom stereocenters. The summed E-state index contributed by atoms with van der Waals surface area (Å²) in [6, 6.07) is 3.49. The molecule has 0 aliphatic carbocycles.